The average Bonchev–Trinajstić information content (AvgIpc) is 2.45. The van der Waals surface area contributed by atoms with Crippen LogP contribution in [0.2, 0.25) is 0 Å². The zero-order chi connectivity index (χ0) is 16.3. The first kappa shape index (κ1) is 16.2. The maximum absolute atomic E-state index is 12.2. The van der Waals surface area contributed by atoms with Crippen molar-refractivity contribution in [1.82, 2.24) is 15.2 Å². The van der Waals surface area contributed by atoms with E-state index in [1.54, 1.807) is 13.8 Å². The lowest BCUT2D eigenvalue weighted by Crippen LogP contribution is -2.24. The Balaban J connectivity index is 2.05. The van der Waals surface area contributed by atoms with Crippen LogP contribution in [0.3, 0.4) is 0 Å². The monoisotopic (exact) mass is 318 g/mol. The van der Waals surface area contributed by atoms with Gasteiger partial charge in [-0.15, -0.1) is 10.2 Å². The third kappa shape index (κ3) is 3.94. The maximum Gasteiger partial charge on any atom is 0.273 e. The smallest absolute Gasteiger partial charge is 0.273 e. The molecule has 1 aromatic heterocycles. The SMILES string of the molecule is Cc1ccc(NC(=O)[C@H](C)Sc2nnc(C)c(=O)[nH]2)c(C)c1. The third-order valence-electron chi connectivity index (χ3n) is 3.14. The van der Waals surface area contributed by atoms with Crippen molar-refractivity contribution in [1.29, 1.82) is 0 Å². The van der Waals surface area contributed by atoms with Crippen LogP contribution in [0.5, 0.6) is 0 Å². The lowest BCUT2D eigenvalue weighted by Gasteiger charge is -2.13. The fraction of sp³-hybridized carbons (Fsp3) is 0.333. The van der Waals surface area contributed by atoms with Crippen LogP contribution < -0.4 is 10.9 Å². The van der Waals surface area contributed by atoms with Crippen LogP contribution in [-0.4, -0.2) is 26.3 Å². The van der Waals surface area contributed by atoms with Crippen molar-refractivity contribution < 1.29 is 4.79 Å². The molecule has 116 valence electrons. The number of carbonyl (C=O) groups is 1. The van der Waals surface area contributed by atoms with Gasteiger partial charge in [0.25, 0.3) is 5.56 Å². The number of carbonyl (C=O) groups excluding carboxylic acids is 1. The molecule has 0 saturated carbocycles. The van der Waals surface area contributed by atoms with Gasteiger partial charge in [-0.1, -0.05) is 29.5 Å². The number of thioether (sulfide) groups is 1. The van der Waals surface area contributed by atoms with Gasteiger partial charge < -0.3 is 5.32 Å². The number of aromatic amines is 1. The largest absolute Gasteiger partial charge is 0.325 e. The number of hydrogen-bond donors (Lipinski definition) is 2. The van der Waals surface area contributed by atoms with Gasteiger partial charge in [0.15, 0.2) is 5.16 Å². The lowest BCUT2D eigenvalue weighted by molar-refractivity contribution is -0.115. The zero-order valence-corrected chi connectivity index (χ0v) is 13.7. The second-order valence-electron chi connectivity index (χ2n) is 5.11. The molecule has 1 aromatic carbocycles. The molecule has 22 heavy (non-hydrogen) atoms. The Kier molecular flexibility index (Phi) is 4.97. The van der Waals surface area contributed by atoms with Gasteiger partial charge in [-0.3, -0.25) is 14.6 Å². The molecule has 2 rings (SSSR count). The van der Waals surface area contributed by atoms with Crippen LogP contribution >= 0.6 is 11.8 Å². The normalized spacial score (nSPS) is 12.0. The molecule has 0 aliphatic rings. The van der Waals surface area contributed by atoms with Gasteiger partial charge in [-0.05, 0) is 39.3 Å². The molecule has 0 unspecified atom stereocenters. The first-order chi connectivity index (χ1) is 10.4. The summed E-state index contributed by atoms with van der Waals surface area (Å²) in [6, 6.07) is 5.84. The van der Waals surface area contributed by atoms with E-state index in [0.717, 1.165) is 28.6 Å². The number of nitrogens with one attached hydrogen (secondary N) is 2. The molecule has 2 aromatic rings. The summed E-state index contributed by atoms with van der Waals surface area (Å²) in [4.78, 5) is 26.3. The van der Waals surface area contributed by atoms with Gasteiger partial charge in [-0.2, -0.15) is 0 Å². The lowest BCUT2D eigenvalue weighted by atomic mass is 10.1. The van der Waals surface area contributed by atoms with Crippen molar-refractivity contribution >= 4 is 23.4 Å². The van der Waals surface area contributed by atoms with Crippen LogP contribution in [0.4, 0.5) is 5.69 Å². The first-order valence-corrected chi connectivity index (χ1v) is 7.73. The van der Waals surface area contributed by atoms with Crippen molar-refractivity contribution in [3.63, 3.8) is 0 Å². The van der Waals surface area contributed by atoms with E-state index < -0.39 is 5.25 Å². The molecular formula is C15H18N4O2S. The third-order valence-corrected chi connectivity index (χ3v) is 4.11. The molecule has 1 amide bonds. The summed E-state index contributed by atoms with van der Waals surface area (Å²) in [6.07, 6.45) is 0. The highest BCUT2D eigenvalue weighted by molar-refractivity contribution is 8.00. The number of aryl methyl sites for hydroxylation is 3. The number of benzene rings is 1. The zero-order valence-electron chi connectivity index (χ0n) is 12.9. The van der Waals surface area contributed by atoms with E-state index in [4.69, 9.17) is 0 Å². The molecule has 0 fully saturated rings. The molecule has 0 spiro atoms. The molecule has 2 N–H and O–H groups in total. The van der Waals surface area contributed by atoms with Crippen LogP contribution in [0.1, 0.15) is 23.7 Å². The molecular weight excluding hydrogens is 300 g/mol. The second-order valence-corrected chi connectivity index (χ2v) is 6.44. The molecule has 0 saturated heterocycles. The summed E-state index contributed by atoms with van der Waals surface area (Å²) in [5.74, 6) is -0.153. The van der Waals surface area contributed by atoms with Crippen LogP contribution in [0.15, 0.2) is 28.2 Å². The van der Waals surface area contributed by atoms with E-state index in [0.29, 0.717) is 10.9 Å². The minimum absolute atomic E-state index is 0.153. The Bertz CT molecular complexity index is 757. The van der Waals surface area contributed by atoms with Gasteiger partial charge in [0.1, 0.15) is 5.69 Å². The number of amides is 1. The summed E-state index contributed by atoms with van der Waals surface area (Å²) in [7, 11) is 0. The molecule has 0 radical (unpaired) electrons. The summed E-state index contributed by atoms with van der Waals surface area (Å²) in [6.45, 7) is 7.28. The van der Waals surface area contributed by atoms with Crippen molar-refractivity contribution in [2.24, 2.45) is 0 Å². The van der Waals surface area contributed by atoms with Crippen molar-refractivity contribution in [2.45, 2.75) is 38.1 Å². The van der Waals surface area contributed by atoms with E-state index in [-0.39, 0.29) is 11.5 Å². The topological polar surface area (TPSA) is 87.7 Å². The average molecular weight is 318 g/mol. The van der Waals surface area contributed by atoms with Gasteiger partial charge in [-0.25, -0.2) is 0 Å². The van der Waals surface area contributed by atoms with E-state index in [1.165, 1.54) is 0 Å². The van der Waals surface area contributed by atoms with Crippen LogP contribution in [0, 0.1) is 20.8 Å². The van der Waals surface area contributed by atoms with Crippen molar-refractivity contribution in [3.8, 4) is 0 Å². The highest BCUT2D eigenvalue weighted by Gasteiger charge is 2.17. The minimum Gasteiger partial charge on any atom is -0.325 e. The highest BCUT2D eigenvalue weighted by Crippen LogP contribution is 2.21. The Morgan fingerprint density at radius 3 is 2.64 bits per heavy atom. The molecule has 1 heterocycles. The Labute approximate surface area is 132 Å². The van der Waals surface area contributed by atoms with E-state index in [9.17, 15) is 9.59 Å². The predicted octanol–water partition coefficient (Wildman–Crippen LogP) is 2.21. The van der Waals surface area contributed by atoms with E-state index in [1.807, 2.05) is 32.0 Å². The number of H-pyrrole nitrogens is 1. The van der Waals surface area contributed by atoms with Gasteiger partial charge in [0.05, 0.1) is 5.25 Å². The fourth-order valence-corrected chi connectivity index (χ4v) is 2.58. The Morgan fingerprint density at radius 1 is 1.27 bits per heavy atom. The number of hydrogen-bond acceptors (Lipinski definition) is 5. The van der Waals surface area contributed by atoms with Gasteiger partial charge in [0.2, 0.25) is 5.91 Å². The van der Waals surface area contributed by atoms with E-state index >= 15 is 0 Å². The molecule has 0 bridgehead atoms. The summed E-state index contributed by atoms with van der Waals surface area (Å²) in [5, 5.41) is 10.4. The molecule has 0 aliphatic carbocycles. The molecule has 1 atom stereocenters. The van der Waals surface area contributed by atoms with Gasteiger partial charge >= 0.3 is 0 Å². The predicted molar refractivity (Wildman–Crippen MR) is 87.3 cm³/mol. The number of anilines is 1. The maximum atomic E-state index is 12.2. The summed E-state index contributed by atoms with van der Waals surface area (Å²) >= 11 is 1.16. The molecule has 6 nitrogen and oxygen atoms in total. The van der Waals surface area contributed by atoms with Crippen LogP contribution in [-0.2, 0) is 4.79 Å². The first-order valence-electron chi connectivity index (χ1n) is 6.85. The fourth-order valence-electron chi connectivity index (χ4n) is 1.84. The van der Waals surface area contributed by atoms with Crippen molar-refractivity contribution in [2.75, 3.05) is 5.32 Å². The molecule has 7 heteroatoms. The minimum atomic E-state index is -0.409. The highest BCUT2D eigenvalue weighted by atomic mass is 32.2. The van der Waals surface area contributed by atoms with Crippen LogP contribution in [0.25, 0.3) is 0 Å². The second kappa shape index (κ2) is 6.74. The Hall–Kier alpha value is -2.15. The number of nitrogens with zero attached hydrogens (tertiary/aromatic N) is 2. The Morgan fingerprint density at radius 2 is 2.00 bits per heavy atom. The van der Waals surface area contributed by atoms with E-state index in [2.05, 4.69) is 20.5 Å². The number of aromatic nitrogens is 3. The van der Waals surface area contributed by atoms with Gasteiger partial charge in [0, 0.05) is 5.69 Å². The summed E-state index contributed by atoms with van der Waals surface area (Å²) < 4.78 is 0. The standard InChI is InChI=1S/C15H18N4O2S/c1-8-5-6-12(9(2)7-8)16-14(21)11(4)22-15-17-13(20)10(3)18-19-15/h5-7,11H,1-4H3,(H,16,21)(H,17,19,20)/t11-/m0/s1. The number of rotatable bonds is 4. The van der Waals surface area contributed by atoms with Crippen molar-refractivity contribution in [3.05, 3.63) is 45.4 Å². The summed E-state index contributed by atoms with van der Waals surface area (Å²) in [5.41, 5.74) is 2.95. The quantitative estimate of drug-likeness (QED) is 0.844. The molecule has 0 aliphatic heterocycles.